The number of carbonyl (C=O) groups is 3. The summed E-state index contributed by atoms with van der Waals surface area (Å²) in [5.41, 5.74) is 4.85. The number of methoxy groups -OCH3 is 2. The molecule has 0 aromatic heterocycles. The first-order valence-corrected chi connectivity index (χ1v) is 18.8. The molecule has 7 atom stereocenters. The van der Waals surface area contributed by atoms with Crippen LogP contribution in [-0.4, -0.2) is 109 Å². The van der Waals surface area contributed by atoms with Gasteiger partial charge in [-0.25, -0.2) is 4.79 Å². The number of imide groups is 1. The summed E-state index contributed by atoms with van der Waals surface area (Å²) < 4.78 is 35.8. The molecule has 4 bridgehead atoms. The third kappa shape index (κ3) is 4.66. The van der Waals surface area contributed by atoms with Gasteiger partial charge in [0, 0.05) is 47.2 Å². The van der Waals surface area contributed by atoms with Crippen LogP contribution in [0.4, 0.5) is 0 Å². The molecule has 3 aromatic rings. The quantitative estimate of drug-likeness (QED) is 0.227. The standard InChI is InChI=1S/C39H38N4O10S/c1-17-10-19-11-22-23(12-40)42-24-13-50-39(47)25(43-37(45)20-8-6-7-9-21(20)38(43)46)14-54-36(28-27(24)35-33(52-16-53-35)18(2)31(28)44)30(42)29(41(22)3)26(19)34(32(17)49-5)51-15-48-4/h6-10,22-25,29-30,36,44H,11,13-16H2,1-5H3/t22-,23-,24-,25-,29+,30?,36+/m0/s1. The second-order valence-corrected chi connectivity index (χ2v) is 15.6. The van der Waals surface area contributed by atoms with Gasteiger partial charge in [0.15, 0.2) is 29.8 Å². The van der Waals surface area contributed by atoms with Gasteiger partial charge in [0.1, 0.15) is 24.4 Å². The van der Waals surface area contributed by atoms with E-state index in [1.54, 1.807) is 45.4 Å². The van der Waals surface area contributed by atoms with Gasteiger partial charge in [-0.2, -0.15) is 5.26 Å². The topological polar surface area (TPSA) is 160 Å². The number of ether oxygens (including phenoxy) is 6. The van der Waals surface area contributed by atoms with E-state index in [4.69, 9.17) is 28.4 Å². The Bertz CT molecular complexity index is 2150. The molecule has 10 rings (SSSR count). The van der Waals surface area contributed by atoms with E-state index in [0.29, 0.717) is 46.1 Å². The molecule has 0 radical (unpaired) electrons. The number of hydrogen-bond acceptors (Lipinski definition) is 14. The number of thioether (sulfide) groups is 1. The van der Waals surface area contributed by atoms with Crippen LogP contribution in [0.25, 0.3) is 0 Å². The molecule has 1 N–H and O–H groups in total. The molecule has 2 saturated heterocycles. The van der Waals surface area contributed by atoms with Crippen molar-refractivity contribution in [3.8, 4) is 34.8 Å². The van der Waals surface area contributed by atoms with E-state index < -0.39 is 53.2 Å². The zero-order valence-corrected chi connectivity index (χ0v) is 31.1. The number of carbonyl (C=O) groups excluding carboxylic acids is 3. The highest BCUT2D eigenvalue weighted by Gasteiger charge is 2.61. The molecule has 1 unspecified atom stereocenters. The van der Waals surface area contributed by atoms with Crippen molar-refractivity contribution in [3.05, 3.63) is 74.8 Å². The summed E-state index contributed by atoms with van der Waals surface area (Å²) in [6.45, 7) is 3.36. The lowest BCUT2D eigenvalue weighted by Crippen LogP contribution is -2.69. The number of piperazine rings is 1. The smallest absolute Gasteiger partial charge is 0.330 e. The van der Waals surface area contributed by atoms with Crippen LogP contribution in [0.1, 0.15) is 71.4 Å². The molecule has 3 aromatic carbocycles. The van der Waals surface area contributed by atoms with E-state index >= 15 is 0 Å². The van der Waals surface area contributed by atoms with Crippen molar-refractivity contribution < 1.29 is 47.9 Å². The number of aryl methyl sites for hydroxylation is 1. The number of phenolic OH excluding ortho intramolecular Hbond substituents is 1. The molecular weight excluding hydrogens is 717 g/mol. The molecule has 2 amide bonds. The summed E-state index contributed by atoms with van der Waals surface area (Å²) in [5, 5.41) is 22.6. The van der Waals surface area contributed by atoms with E-state index in [9.17, 15) is 24.8 Å². The second kappa shape index (κ2) is 12.8. The lowest BCUT2D eigenvalue weighted by molar-refractivity contribution is -0.153. The fourth-order valence-corrected chi connectivity index (χ4v) is 11.2. The van der Waals surface area contributed by atoms with Gasteiger partial charge in [-0.1, -0.05) is 18.2 Å². The third-order valence-electron chi connectivity index (χ3n) is 11.9. The van der Waals surface area contributed by atoms with Crippen molar-refractivity contribution in [1.29, 1.82) is 5.26 Å². The van der Waals surface area contributed by atoms with Gasteiger partial charge < -0.3 is 33.5 Å². The lowest BCUT2D eigenvalue weighted by Gasteiger charge is -2.61. The fourth-order valence-electron chi connectivity index (χ4n) is 9.61. The third-order valence-corrected chi connectivity index (χ3v) is 13.2. The van der Waals surface area contributed by atoms with Crippen LogP contribution in [0, 0.1) is 25.2 Å². The number of rotatable bonds is 5. The maximum absolute atomic E-state index is 14.2. The summed E-state index contributed by atoms with van der Waals surface area (Å²) >= 11 is 1.33. The Morgan fingerprint density at radius 3 is 2.39 bits per heavy atom. The molecule has 14 nitrogen and oxygen atoms in total. The number of esters is 1. The van der Waals surface area contributed by atoms with Crippen LogP contribution in [0.5, 0.6) is 28.7 Å². The van der Waals surface area contributed by atoms with Crippen molar-refractivity contribution in [2.45, 2.75) is 61.8 Å². The number of benzene rings is 3. The van der Waals surface area contributed by atoms with Gasteiger partial charge in [-0.15, -0.1) is 11.8 Å². The van der Waals surface area contributed by atoms with Crippen LogP contribution < -0.4 is 18.9 Å². The Hall–Kier alpha value is -5.01. The number of likely N-dealkylation sites (N-methyl/N-ethyl adjacent to an activating group) is 1. The van der Waals surface area contributed by atoms with Crippen LogP contribution in [0.15, 0.2) is 30.3 Å². The van der Waals surface area contributed by atoms with Gasteiger partial charge >= 0.3 is 5.97 Å². The first-order valence-electron chi connectivity index (χ1n) is 17.7. The molecule has 7 heterocycles. The first kappa shape index (κ1) is 34.7. The van der Waals surface area contributed by atoms with E-state index in [1.165, 1.54) is 11.8 Å². The Labute approximate surface area is 315 Å². The number of nitrogens with zero attached hydrogens (tertiary/aromatic N) is 4. The van der Waals surface area contributed by atoms with Gasteiger partial charge in [0.2, 0.25) is 6.79 Å². The van der Waals surface area contributed by atoms with E-state index in [-0.39, 0.29) is 48.9 Å². The maximum atomic E-state index is 14.2. The van der Waals surface area contributed by atoms with Crippen molar-refractivity contribution >= 4 is 29.5 Å². The van der Waals surface area contributed by atoms with E-state index in [0.717, 1.165) is 21.6 Å². The summed E-state index contributed by atoms with van der Waals surface area (Å²) in [5.74, 6) is -0.00458. The molecule has 0 spiro atoms. The summed E-state index contributed by atoms with van der Waals surface area (Å²) in [7, 11) is 5.14. The van der Waals surface area contributed by atoms with Crippen LogP contribution in [0.3, 0.4) is 0 Å². The summed E-state index contributed by atoms with van der Waals surface area (Å²) in [4.78, 5) is 47.0. The van der Waals surface area contributed by atoms with Crippen molar-refractivity contribution in [2.75, 3.05) is 47.2 Å². The highest BCUT2D eigenvalue weighted by atomic mass is 32.2. The number of aromatic hydroxyl groups is 1. The monoisotopic (exact) mass is 754 g/mol. The van der Waals surface area contributed by atoms with Gasteiger partial charge in [-0.05, 0) is 50.6 Å². The Morgan fingerprint density at radius 1 is 0.981 bits per heavy atom. The number of nitriles is 1. The Kier molecular flexibility index (Phi) is 8.23. The average Bonchev–Trinajstić information content (AvgIpc) is 3.75. The van der Waals surface area contributed by atoms with Crippen molar-refractivity contribution in [3.63, 3.8) is 0 Å². The molecule has 7 aliphatic rings. The predicted molar refractivity (Wildman–Crippen MR) is 192 cm³/mol. The highest BCUT2D eigenvalue weighted by molar-refractivity contribution is 7.99. The molecule has 7 aliphatic heterocycles. The number of phenols is 1. The number of fused-ring (bicyclic) bond motifs is 11. The molecule has 54 heavy (non-hydrogen) atoms. The van der Waals surface area contributed by atoms with Gasteiger partial charge in [-0.3, -0.25) is 24.3 Å². The van der Waals surface area contributed by atoms with Crippen LogP contribution >= 0.6 is 11.8 Å². The molecule has 280 valence electrons. The molecule has 0 saturated carbocycles. The van der Waals surface area contributed by atoms with Crippen LogP contribution in [0.2, 0.25) is 0 Å². The largest absolute Gasteiger partial charge is 0.507 e. The summed E-state index contributed by atoms with van der Waals surface area (Å²) in [6.07, 6.45) is 0.522. The van der Waals surface area contributed by atoms with E-state index in [2.05, 4.69) is 21.9 Å². The van der Waals surface area contributed by atoms with Crippen molar-refractivity contribution in [1.82, 2.24) is 14.7 Å². The van der Waals surface area contributed by atoms with Crippen molar-refractivity contribution in [2.24, 2.45) is 0 Å². The van der Waals surface area contributed by atoms with Crippen LogP contribution in [-0.2, 0) is 20.7 Å². The molecule has 15 heteroatoms. The SMILES string of the molecule is COCOc1c(OC)c(C)cc2c1[C@@H]1C3[C@@H]4SC[C@H](N5C(=O)c6ccccc6C5=O)C(=O)OC[C@@H](c5c6c(c(C)c(O)c54)OCO6)N3[C@@H](C#N)[C@H](C2)N1C. The Balaban J connectivity index is 1.27. The predicted octanol–water partition coefficient (Wildman–Crippen LogP) is 3.95. The van der Waals surface area contributed by atoms with Gasteiger partial charge in [0.05, 0.1) is 41.6 Å². The molecule has 2 fully saturated rings. The minimum absolute atomic E-state index is 0.00670. The fraction of sp³-hybridized carbons (Fsp3) is 0.436. The number of amides is 2. The van der Waals surface area contributed by atoms with Gasteiger partial charge in [0.25, 0.3) is 11.8 Å². The number of hydrogen-bond donors (Lipinski definition) is 1. The summed E-state index contributed by atoms with van der Waals surface area (Å²) in [6, 6.07) is 7.20. The second-order valence-electron chi connectivity index (χ2n) is 14.4. The normalized spacial score (nSPS) is 28.1. The zero-order chi connectivity index (χ0) is 37.7. The first-order chi connectivity index (χ1) is 26.1. The minimum atomic E-state index is -1.27. The zero-order valence-electron chi connectivity index (χ0n) is 30.3. The average molecular weight is 755 g/mol. The lowest BCUT2D eigenvalue weighted by atomic mass is 9.71. The Morgan fingerprint density at radius 2 is 1.70 bits per heavy atom. The maximum Gasteiger partial charge on any atom is 0.330 e. The highest BCUT2D eigenvalue weighted by Crippen LogP contribution is 2.64. The molecular formula is C39H38N4O10S. The van der Waals surface area contributed by atoms with E-state index in [1.807, 2.05) is 14.0 Å². The molecule has 0 aliphatic carbocycles. The minimum Gasteiger partial charge on any atom is -0.507 e.